The zero-order chi connectivity index (χ0) is 16.8. The summed E-state index contributed by atoms with van der Waals surface area (Å²) in [6.07, 6.45) is -1.72. The fourth-order valence-electron chi connectivity index (χ4n) is 1.99. The van der Waals surface area contributed by atoms with E-state index in [9.17, 15) is 14.7 Å². The molecule has 2 N–H and O–H groups in total. The largest absolute Gasteiger partial charge is 0.488 e. The van der Waals surface area contributed by atoms with Crippen LogP contribution in [0.1, 0.15) is 27.6 Å². The van der Waals surface area contributed by atoms with Gasteiger partial charge >= 0.3 is 11.9 Å². The van der Waals surface area contributed by atoms with E-state index in [0.717, 1.165) is 5.56 Å². The van der Waals surface area contributed by atoms with Crippen LogP contribution in [0.25, 0.3) is 0 Å². The predicted octanol–water partition coefficient (Wildman–Crippen LogP) is 2.17. The van der Waals surface area contributed by atoms with Gasteiger partial charge in [-0.2, -0.15) is 0 Å². The monoisotopic (exact) mass is 316 g/mol. The number of carbonyl (C=O) groups excluding carboxylic acids is 1. The Kier molecular flexibility index (Phi) is 5.32. The zero-order valence-corrected chi connectivity index (χ0v) is 12.4. The maximum Gasteiger partial charge on any atom is 0.341 e. The van der Waals surface area contributed by atoms with Gasteiger partial charge in [0.1, 0.15) is 17.9 Å². The van der Waals surface area contributed by atoms with Gasteiger partial charge in [-0.05, 0) is 23.3 Å². The van der Waals surface area contributed by atoms with Crippen molar-refractivity contribution in [1.82, 2.24) is 0 Å². The van der Waals surface area contributed by atoms with E-state index in [1.54, 1.807) is 0 Å². The average Bonchev–Trinajstić information content (AvgIpc) is 2.59. The number of aliphatic hydroxyl groups is 1. The summed E-state index contributed by atoms with van der Waals surface area (Å²) in [5.41, 5.74) is 1.05. The molecule has 0 fully saturated rings. The first-order valence-electron chi connectivity index (χ1n) is 6.82. The smallest absolute Gasteiger partial charge is 0.341 e. The number of hydrogen-bond acceptors (Lipinski definition) is 5. The van der Waals surface area contributed by atoms with Crippen LogP contribution in [0.15, 0.2) is 48.5 Å². The second-order valence-electron chi connectivity index (χ2n) is 4.76. The van der Waals surface area contributed by atoms with Crippen LogP contribution in [-0.4, -0.2) is 29.3 Å². The Bertz CT molecular complexity index is 695. The number of aliphatic carboxylic acids is 1. The molecule has 0 saturated heterocycles. The summed E-state index contributed by atoms with van der Waals surface area (Å²) >= 11 is 0. The first-order valence-corrected chi connectivity index (χ1v) is 6.82. The van der Waals surface area contributed by atoms with Crippen molar-refractivity contribution >= 4 is 11.9 Å². The molecule has 0 aliphatic heterocycles. The number of ether oxygens (including phenoxy) is 2. The molecular formula is C17H16O6. The second kappa shape index (κ2) is 7.42. The molecule has 23 heavy (non-hydrogen) atoms. The van der Waals surface area contributed by atoms with E-state index in [2.05, 4.69) is 4.74 Å². The minimum Gasteiger partial charge on any atom is -0.488 e. The number of carboxylic acid groups (broad SMARTS) is 1. The van der Waals surface area contributed by atoms with Gasteiger partial charge in [-0.25, -0.2) is 9.59 Å². The third kappa shape index (κ3) is 4.08. The van der Waals surface area contributed by atoms with E-state index in [4.69, 9.17) is 9.84 Å². The molecule has 0 radical (unpaired) electrons. The fourth-order valence-corrected chi connectivity index (χ4v) is 1.99. The number of methoxy groups -OCH3 is 1. The highest BCUT2D eigenvalue weighted by molar-refractivity contribution is 5.93. The van der Waals surface area contributed by atoms with Gasteiger partial charge in [0.25, 0.3) is 0 Å². The molecule has 0 aromatic heterocycles. The second-order valence-corrected chi connectivity index (χ2v) is 4.76. The third-order valence-electron chi connectivity index (χ3n) is 3.20. The number of aliphatic hydroxyl groups excluding tert-OH is 1. The van der Waals surface area contributed by atoms with E-state index in [-0.39, 0.29) is 23.5 Å². The number of carbonyl (C=O) groups is 2. The van der Waals surface area contributed by atoms with Crippen LogP contribution in [-0.2, 0) is 16.1 Å². The maximum absolute atomic E-state index is 11.9. The topological polar surface area (TPSA) is 93.1 Å². The van der Waals surface area contributed by atoms with Gasteiger partial charge < -0.3 is 19.7 Å². The van der Waals surface area contributed by atoms with Gasteiger partial charge in [0.2, 0.25) is 0 Å². The fraction of sp³-hybridized carbons (Fsp3) is 0.176. The lowest BCUT2D eigenvalue weighted by molar-refractivity contribution is -0.146. The minimum atomic E-state index is -1.72. The molecule has 0 amide bonds. The van der Waals surface area contributed by atoms with Crippen molar-refractivity contribution in [2.45, 2.75) is 12.7 Å². The van der Waals surface area contributed by atoms with Gasteiger partial charge in [-0.1, -0.05) is 36.4 Å². The maximum atomic E-state index is 11.9. The van der Waals surface area contributed by atoms with Crippen molar-refractivity contribution in [3.63, 3.8) is 0 Å². The molecule has 120 valence electrons. The summed E-state index contributed by atoms with van der Waals surface area (Å²) in [4.78, 5) is 22.7. The predicted molar refractivity (Wildman–Crippen MR) is 81.2 cm³/mol. The first-order chi connectivity index (χ1) is 11.0. The summed E-state index contributed by atoms with van der Waals surface area (Å²) in [7, 11) is 1.21. The zero-order valence-electron chi connectivity index (χ0n) is 12.4. The highest BCUT2D eigenvalue weighted by Gasteiger charge is 2.21. The highest BCUT2D eigenvalue weighted by Crippen LogP contribution is 2.25. The average molecular weight is 316 g/mol. The molecule has 2 aromatic rings. The van der Waals surface area contributed by atoms with E-state index < -0.39 is 18.0 Å². The Morgan fingerprint density at radius 1 is 1.13 bits per heavy atom. The van der Waals surface area contributed by atoms with Gasteiger partial charge in [0, 0.05) is 0 Å². The Labute approximate surface area is 132 Å². The number of hydrogen-bond donors (Lipinski definition) is 2. The lowest BCUT2D eigenvalue weighted by Gasteiger charge is -2.13. The molecule has 0 bridgehead atoms. The normalized spacial score (nSPS) is 11.6. The van der Waals surface area contributed by atoms with E-state index in [1.165, 1.54) is 25.3 Å². The molecule has 2 rings (SSSR count). The molecule has 0 spiro atoms. The van der Waals surface area contributed by atoms with Crippen LogP contribution >= 0.6 is 0 Å². The molecule has 6 heteroatoms. The van der Waals surface area contributed by atoms with Crippen molar-refractivity contribution < 1.29 is 29.3 Å². The van der Waals surface area contributed by atoms with Crippen LogP contribution in [0.4, 0.5) is 0 Å². The summed E-state index contributed by atoms with van der Waals surface area (Å²) in [6.45, 7) is 0.242. The summed E-state index contributed by atoms with van der Waals surface area (Å²) in [5.74, 6) is -1.83. The lowest BCUT2D eigenvalue weighted by Crippen LogP contribution is -2.13. The summed E-state index contributed by atoms with van der Waals surface area (Å²) < 4.78 is 10.3. The number of rotatable bonds is 6. The molecular weight excluding hydrogens is 300 g/mol. The quantitative estimate of drug-likeness (QED) is 0.793. The molecule has 0 heterocycles. The van der Waals surface area contributed by atoms with Crippen molar-refractivity contribution in [3.8, 4) is 5.75 Å². The first kappa shape index (κ1) is 16.5. The molecule has 2 aromatic carbocycles. The molecule has 0 saturated carbocycles. The number of carboxylic acids is 1. The van der Waals surface area contributed by atoms with Crippen molar-refractivity contribution in [3.05, 3.63) is 65.2 Å². The Balaban J connectivity index is 2.27. The molecule has 0 aliphatic carbocycles. The lowest BCUT2D eigenvalue weighted by atomic mass is 10.0. The van der Waals surface area contributed by atoms with E-state index in [1.807, 2.05) is 30.3 Å². The summed E-state index contributed by atoms with van der Waals surface area (Å²) in [5, 5.41) is 18.4. The van der Waals surface area contributed by atoms with Gasteiger partial charge in [0.15, 0.2) is 6.10 Å². The van der Waals surface area contributed by atoms with Crippen molar-refractivity contribution in [1.29, 1.82) is 0 Å². The number of esters is 1. The van der Waals surface area contributed by atoms with Crippen LogP contribution < -0.4 is 4.74 Å². The van der Waals surface area contributed by atoms with Crippen molar-refractivity contribution in [2.75, 3.05) is 7.11 Å². The van der Waals surface area contributed by atoms with E-state index in [0.29, 0.717) is 0 Å². The van der Waals surface area contributed by atoms with Crippen LogP contribution in [0, 0.1) is 0 Å². The highest BCUT2D eigenvalue weighted by atomic mass is 16.5. The van der Waals surface area contributed by atoms with Crippen LogP contribution in [0.5, 0.6) is 5.75 Å². The van der Waals surface area contributed by atoms with E-state index >= 15 is 0 Å². The van der Waals surface area contributed by atoms with Crippen molar-refractivity contribution in [2.24, 2.45) is 0 Å². The van der Waals surface area contributed by atoms with Crippen LogP contribution in [0.3, 0.4) is 0 Å². The molecule has 0 aliphatic rings. The SMILES string of the molecule is COC(=O)c1cc(C(O)C(=O)O)ccc1OCc1ccccc1. The number of benzene rings is 2. The standard InChI is InChI=1S/C17H16O6/c1-22-17(21)13-9-12(15(18)16(19)20)7-8-14(13)23-10-11-5-3-2-4-6-11/h2-9,15,18H,10H2,1H3,(H,19,20). The Morgan fingerprint density at radius 2 is 1.83 bits per heavy atom. The summed E-state index contributed by atoms with van der Waals surface area (Å²) in [6, 6.07) is 13.5. The Morgan fingerprint density at radius 3 is 2.43 bits per heavy atom. The van der Waals surface area contributed by atoms with Crippen LogP contribution in [0.2, 0.25) is 0 Å². The molecule has 1 unspecified atom stereocenters. The minimum absolute atomic E-state index is 0.0567. The molecule has 6 nitrogen and oxygen atoms in total. The molecule has 1 atom stereocenters. The van der Waals surface area contributed by atoms with Gasteiger partial charge in [-0.3, -0.25) is 0 Å². The van der Waals surface area contributed by atoms with Gasteiger partial charge in [0.05, 0.1) is 7.11 Å². The Hall–Kier alpha value is -2.86. The van der Waals surface area contributed by atoms with Gasteiger partial charge in [-0.15, -0.1) is 0 Å². The third-order valence-corrected chi connectivity index (χ3v) is 3.20.